The van der Waals surface area contributed by atoms with Gasteiger partial charge in [0.1, 0.15) is 11.4 Å². The molecule has 0 saturated carbocycles. The summed E-state index contributed by atoms with van der Waals surface area (Å²) in [6.07, 6.45) is 5.19. The van der Waals surface area contributed by atoms with Gasteiger partial charge in [-0.05, 0) is 36.5 Å². The average molecular weight is 466 g/mol. The summed E-state index contributed by atoms with van der Waals surface area (Å²) in [7, 11) is 1.80. The number of amides is 2. The highest BCUT2D eigenvalue weighted by molar-refractivity contribution is 5.84. The fourth-order valence-corrected chi connectivity index (χ4v) is 3.83. The summed E-state index contributed by atoms with van der Waals surface area (Å²) >= 11 is 0. The van der Waals surface area contributed by atoms with Gasteiger partial charge in [-0.2, -0.15) is 10.2 Å². The van der Waals surface area contributed by atoms with Crippen LogP contribution in [0.25, 0.3) is 5.69 Å². The Labute approximate surface area is 195 Å². The molecule has 178 valence electrons. The van der Waals surface area contributed by atoms with Crippen LogP contribution in [0.4, 0.5) is 15.3 Å². The summed E-state index contributed by atoms with van der Waals surface area (Å²) in [5, 5.41) is 20.3. The second-order valence-electron chi connectivity index (χ2n) is 8.26. The molecule has 1 fully saturated rings. The predicted molar refractivity (Wildman–Crippen MR) is 123 cm³/mol. The lowest BCUT2D eigenvalue weighted by Crippen LogP contribution is -2.38. The largest absolute Gasteiger partial charge is 0.465 e. The lowest BCUT2D eigenvalue weighted by molar-refractivity contribution is 0.0948. The van der Waals surface area contributed by atoms with Gasteiger partial charge in [0.25, 0.3) is 0 Å². The van der Waals surface area contributed by atoms with Crippen molar-refractivity contribution < 1.29 is 19.4 Å². The van der Waals surface area contributed by atoms with Crippen molar-refractivity contribution in [2.75, 3.05) is 25.0 Å². The van der Waals surface area contributed by atoms with Gasteiger partial charge >= 0.3 is 12.2 Å². The van der Waals surface area contributed by atoms with Crippen LogP contribution in [0.2, 0.25) is 0 Å². The minimum atomic E-state index is -0.918. The van der Waals surface area contributed by atoms with Crippen molar-refractivity contribution in [3.05, 3.63) is 70.4 Å². The van der Waals surface area contributed by atoms with Crippen LogP contribution in [0, 0.1) is 5.92 Å². The molecule has 1 aliphatic rings. The monoisotopic (exact) mass is 466 g/mol. The van der Waals surface area contributed by atoms with Crippen molar-refractivity contribution in [2.24, 2.45) is 13.0 Å². The number of anilines is 1. The van der Waals surface area contributed by atoms with E-state index in [2.05, 4.69) is 15.5 Å². The quantitative estimate of drug-likeness (QED) is 0.570. The van der Waals surface area contributed by atoms with E-state index in [1.54, 1.807) is 53.2 Å². The Morgan fingerprint density at radius 2 is 2.03 bits per heavy atom. The average Bonchev–Trinajstić information content (AvgIpc) is 3.26. The summed E-state index contributed by atoms with van der Waals surface area (Å²) in [6.45, 7) is 1.13. The van der Waals surface area contributed by atoms with E-state index in [4.69, 9.17) is 9.84 Å². The van der Waals surface area contributed by atoms with Crippen LogP contribution in [0.1, 0.15) is 24.1 Å². The fraction of sp³-hybridized carbons (Fsp3) is 0.348. The van der Waals surface area contributed by atoms with Crippen molar-refractivity contribution in [3.8, 4) is 5.69 Å². The molecule has 3 aromatic rings. The number of aryl methyl sites for hydroxylation is 1. The molecule has 1 aromatic carbocycles. The van der Waals surface area contributed by atoms with Gasteiger partial charge in [0.05, 0.1) is 19.0 Å². The maximum Gasteiger partial charge on any atom is 0.411 e. The predicted octanol–water partition coefficient (Wildman–Crippen LogP) is 2.50. The number of aromatic nitrogens is 4. The summed E-state index contributed by atoms with van der Waals surface area (Å²) < 4.78 is 8.59. The fourth-order valence-electron chi connectivity index (χ4n) is 3.83. The number of rotatable bonds is 6. The van der Waals surface area contributed by atoms with Gasteiger partial charge in [0, 0.05) is 44.5 Å². The number of nitrogens with zero attached hydrogens (tertiary/aromatic N) is 5. The van der Waals surface area contributed by atoms with E-state index in [1.165, 1.54) is 11.0 Å². The molecule has 0 spiro atoms. The third-order valence-corrected chi connectivity index (χ3v) is 5.72. The lowest BCUT2D eigenvalue weighted by Gasteiger charge is -2.29. The number of ether oxygens (including phenoxy) is 1. The third-order valence-electron chi connectivity index (χ3n) is 5.72. The Morgan fingerprint density at radius 1 is 1.24 bits per heavy atom. The second kappa shape index (κ2) is 10.2. The summed E-state index contributed by atoms with van der Waals surface area (Å²) in [6, 6.07) is 8.62. The topological polar surface area (TPSA) is 132 Å². The van der Waals surface area contributed by atoms with E-state index in [0.717, 1.165) is 11.3 Å². The molecule has 11 heteroatoms. The maximum absolute atomic E-state index is 12.3. The number of carboxylic acid groups (broad SMARTS) is 1. The first-order valence-electron chi connectivity index (χ1n) is 11.0. The van der Waals surface area contributed by atoms with E-state index < -0.39 is 12.2 Å². The molecule has 2 aromatic heterocycles. The molecule has 0 radical (unpaired) electrons. The molecule has 3 heterocycles. The molecule has 2 N–H and O–H groups in total. The van der Waals surface area contributed by atoms with Crippen molar-refractivity contribution >= 4 is 17.9 Å². The molecule has 0 unspecified atom stereocenters. The Morgan fingerprint density at radius 3 is 2.74 bits per heavy atom. The van der Waals surface area contributed by atoms with E-state index >= 15 is 0 Å². The Balaban J connectivity index is 1.34. The number of nitrogens with one attached hydrogen (secondary N) is 1. The molecule has 34 heavy (non-hydrogen) atoms. The maximum atomic E-state index is 12.3. The van der Waals surface area contributed by atoms with Crippen LogP contribution in [-0.2, 0) is 18.2 Å². The van der Waals surface area contributed by atoms with Gasteiger partial charge in [-0.3, -0.25) is 14.8 Å². The minimum Gasteiger partial charge on any atom is -0.465 e. The Hall–Kier alpha value is -4.15. The van der Waals surface area contributed by atoms with Gasteiger partial charge in [0.15, 0.2) is 0 Å². The van der Waals surface area contributed by atoms with Gasteiger partial charge in [-0.1, -0.05) is 12.1 Å². The number of hydrogen-bond donors (Lipinski definition) is 2. The molecular formula is C23H26N6O5. The number of hydrogen-bond acceptors (Lipinski definition) is 6. The standard InChI is InChI=1S/C23H26N6O5/c1-27-14-19(13-24-27)29-10-7-21(30)20(26-29)12-17-3-2-4-18(11-17)25-22(31)34-15-16-5-8-28(9-6-16)23(32)33/h2-4,7,10-11,13-14,16H,5-6,8-9,12,15H2,1H3,(H,25,31)(H,32,33). The normalized spacial score (nSPS) is 14.1. The van der Waals surface area contributed by atoms with E-state index in [9.17, 15) is 14.4 Å². The Kier molecular flexibility index (Phi) is 6.90. The minimum absolute atomic E-state index is 0.138. The molecular weight excluding hydrogens is 440 g/mol. The van der Waals surface area contributed by atoms with Gasteiger partial charge in [0.2, 0.25) is 5.43 Å². The number of piperidine rings is 1. The highest BCUT2D eigenvalue weighted by Crippen LogP contribution is 2.18. The molecule has 1 saturated heterocycles. The highest BCUT2D eigenvalue weighted by atomic mass is 16.5. The first kappa shape index (κ1) is 23.0. The molecule has 0 aliphatic carbocycles. The first-order chi connectivity index (χ1) is 16.4. The van der Waals surface area contributed by atoms with Crippen LogP contribution in [0.3, 0.4) is 0 Å². The zero-order valence-corrected chi connectivity index (χ0v) is 18.8. The summed E-state index contributed by atoms with van der Waals surface area (Å²) in [4.78, 5) is 36.9. The molecule has 4 rings (SSSR count). The van der Waals surface area contributed by atoms with Crippen LogP contribution < -0.4 is 10.7 Å². The smallest absolute Gasteiger partial charge is 0.411 e. The van der Waals surface area contributed by atoms with Crippen LogP contribution >= 0.6 is 0 Å². The summed E-state index contributed by atoms with van der Waals surface area (Å²) in [5.74, 6) is 0.138. The van der Waals surface area contributed by atoms with Crippen LogP contribution in [0.5, 0.6) is 0 Å². The van der Waals surface area contributed by atoms with Crippen molar-refractivity contribution in [1.82, 2.24) is 24.5 Å². The molecule has 2 amide bonds. The van der Waals surface area contributed by atoms with E-state index in [0.29, 0.717) is 43.7 Å². The van der Waals surface area contributed by atoms with Crippen LogP contribution in [0.15, 0.2) is 53.7 Å². The second-order valence-corrected chi connectivity index (χ2v) is 8.26. The number of carbonyl (C=O) groups excluding carboxylic acids is 1. The molecule has 1 aliphatic heterocycles. The molecule has 0 atom stereocenters. The number of carbonyl (C=O) groups is 2. The van der Waals surface area contributed by atoms with Crippen molar-refractivity contribution in [1.29, 1.82) is 0 Å². The van der Waals surface area contributed by atoms with Gasteiger partial charge in [-0.25, -0.2) is 14.3 Å². The number of benzene rings is 1. The lowest BCUT2D eigenvalue weighted by atomic mass is 9.98. The summed E-state index contributed by atoms with van der Waals surface area (Å²) in [5.41, 5.74) is 2.31. The van der Waals surface area contributed by atoms with Gasteiger partial charge in [-0.15, -0.1) is 0 Å². The number of likely N-dealkylation sites (tertiary alicyclic amines) is 1. The van der Waals surface area contributed by atoms with E-state index in [1.807, 2.05) is 6.07 Å². The Bertz CT molecular complexity index is 1230. The van der Waals surface area contributed by atoms with Crippen molar-refractivity contribution in [2.45, 2.75) is 19.3 Å². The van der Waals surface area contributed by atoms with Crippen LogP contribution in [-0.4, -0.2) is 61.5 Å². The third kappa shape index (κ3) is 5.80. The molecule has 0 bridgehead atoms. The zero-order chi connectivity index (χ0) is 24.1. The van der Waals surface area contributed by atoms with E-state index in [-0.39, 0.29) is 18.0 Å². The highest BCUT2D eigenvalue weighted by Gasteiger charge is 2.23. The SMILES string of the molecule is Cn1cc(-n2ccc(=O)c(Cc3cccc(NC(=O)OCC4CCN(C(=O)O)CC4)c3)n2)cn1. The molecule has 11 nitrogen and oxygen atoms in total. The van der Waals surface area contributed by atoms with Crippen molar-refractivity contribution in [3.63, 3.8) is 0 Å². The van der Waals surface area contributed by atoms with Gasteiger partial charge < -0.3 is 14.7 Å². The first-order valence-corrected chi connectivity index (χ1v) is 11.0. The zero-order valence-electron chi connectivity index (χ0n) is 18.8.